The molecule has 0 N–H and O–H groups in total. The molecule has 0 fully saturated rings. The van der Waals surface area contributed by atoms with Crippen molar-refractivity contribution in [2.24, 2.45) is 5.92 Å². The lowest BCUT2D eigenvalue weighted by atomic mass is 9.85. The topological polar surface area (TPSA) is 17.8 Å². The molecule has 0 saturated carbocycles. The fourth-order valence-corrected chi connectivity index (χ4v) is 2.95. The summed E-state index contributed by atoms with van der Waals surface area (Å²) in [4.78, 5) is 4.10. The van der Waals surface area contributed by atoms with Crippen LogP contribution in [0.3, 0.4) is 0 Å². The predicted octanol–water partition coefficient (Wildman–Crippen LogP) is 4.05. The lowest BCUT2D eigenvalue weighted by Crippen LogP contribution is -2.08. The first-order valence-corrected chi connectivity index (χ1v) is 7.10. The van der Waals surface area contributed by atoms with Crippen LogP contribution < -0.4 is 0 Å². The lowest BCUT2D eigenvalue weighted by molar-refractivity contribution is 0.535. The van der Waals surface area contributed by atoms with Crippen LogP contribution in [0.4, 0.5) is 0 Å². The molecule has 0 radical (unpaired) electrons. The van der Waals surface area contributed by atoms with Crippen molar-refractivity contribution in [2.75, 3.05) is 0 Å². The second-order valence-electron chi connectivity index (χ2n) is 5.24. The molecule has 98 valence electrons. The average Bonchev–Trinajstić information content (AvgIpc) is 3.15. The number of allylic oxidation sites excluding steroid dienone is 8. The molecule has 2 heteroatoms. The van der Waals surface area contributed by atoms with Gasteiger partial charge in [-0.15, -0.1) is 0 Å². The van der Waals surface area contributed by atoms with Gasteiger partial charge in [0.25, 0.3) is 0 Å². The van der Waals surface area contributed by atoms with Gasteiger partial charge in [0.1, 0.15) is 0 Å². The first-order chi connectivity index (χ1) is 9.43. The zero-order chi connectivity index (χ0) is 12.9. The zero-order valence-electron chi connectivity index (χ0n) is 11.2. The Kier molecular flexibility index (Phi) is 3.78. The van der Waals surface area contributed by atoms with Gasteiger partial charge in [-0.1, -0.05) is 47.6 Å². The summed E-state index contributed by atoms with van der Waals surface area (Å²) in [6.07, 6.45) is 24.0. The highest BCUT2D eigenvalue weighted by molar-refractivity contribution is 5.35. The average molecular weight is 252 g/mol. The Morgan fingerprint density at radius 2 is 1.84 bits per heavy atom. The molecular formula is C17H20N2. The Morgan fingerprint density at radius 3 is 2.37 bits per heavy atom. The van der Waals surface area contributed by atoms with Crippen LogP contribution in [0.5, 0.6) is 0 Å². The summed E-state index contributed by atoms with van der Waals surface area (Å²) in [5.74, 6) is 0.633. The molecule has 0 bridgehead atoms. The Morgan fingerprint density at radius 1 is 1.11 bits per heavy atom. The largest absolute Gasteiger partial charge is 0.337 e. The fraction of sp³-hybridized carbons (Fsp3) is 0.353. The van der Waals surface area contributed by atoms with Gasteiger partial charge < -0.3 is 4.57 Å². The minimum atomic E-state index is 0.633. The van der Waals surface area contributed by atoms with Crippen molar-refractivity contribution in [3.05, 3.63) is 66.3 Å². The number of nitrogens with zero attached hydrogens (tertiary/aromatic N) is 2. The Labute approximate surface area is 114 Å². The molecule has 1 aromatic heterocycles. The van der Waals surface area contributed by atoms with E-state index in [0.717, 1.165) is 19.4 Å². The number of aromatic nitrogens is 2. The summed E-state index contributed by atoms with van der Waals surface area (Å²) >= 11 is 0. The third-order valence-corrected chi connectivity index (χ3v) is 3.96. The first kappa shape index (κ1) is 12.2. The van der Waals surface area contributed by atoms with Crippen LogP contribution in [0.2, 0.25) is 0 Å². The van der Waals surface area contributed by atoms with Crippen molar-refractivity contribution in [3.63, 3.8) is 0 Å². The van der Waals surface area contributed by atoms with Crippen molar-refractivity contribution in [1.82, 2.24) is 9.55 Å². The number of imidazole rings is 1. The second-order valence-corrected chi connectivity index (χ2v) is 5.24. The second kappa shape index (κ2) is 5.87. The minimum absolute atomic E-state index is 0.633. The summed E-state index contributed by atoms with van der Waals surface area (Å²) in [7, 11) is 0. The van der Waals surface area contributed by atoms with E-state index in [-0.39, 0.29) is 0 Å². The molecule has 19 heavy (non-hydrogen) atoms. The van der Waals surface area contributed by atoms with E-state index in [2.05, 4.69) is 46.0 Å². The fourth-order valence-electron chi connectivity index (χ4n) is 2.95. The molecule has 0 saturated heterocycles. The highest BCUT2D eigenvalue weighted by Gasteiger charge is 2.19. The van der Waals surface area contributed by atoms with Crippen molar-refractivity contribution >= 4 is 0 Å². The molecule has 1 aromatic rings. The van der Waals surface area contributed by atoms with Gasteiger partial charge in [-0.3, -0.25) is 0 Å². The van der Waals surface area contributed by atoms with Crippen LogP contribution in [0, 0.1) is 5.92 Å². The third-order valence-electron chi connectivity index (χ3n) is 3.96. The Bertz CT molecular complexity index is 500. The van der Waals surface area contributed by atoms with Crippen LogP contribution in [0.1, 0.15) is 25.7 Å². The maximum Gasteiger partial charge on any atom is 0.0945 e. The molecule has 0 aromatic carbocycles. The normalized spacial score (nSPS) is 17.3. The molecule has 2 aliphatic carbocycles. The monoisotopic (exact) mass is 252 g/mol. The lowest BCUT2D eigenvalue weighted by Gasteiger charge is -2.20. The summed E-state index contributed by atoms with van der Waals surface area (Å²) < 4.78 is 2.17. The van der Waals surface area contributed by atoms with Gasteiger partial charge in [0.15, 0.2) is 0 Å². The number of hydrogen-bond donors (Lipinski definition) is 0. The van der Waals surface area contributed by atoms with Crippen molar-refractivity contribution in [3.8, 4) is 0 Å². The summed E-state index contributed by atoms with van der Waals surface area (Å²) in [6, 6.07) is 0. The summed E-state index contributed by atoms with van der Waals surface area (Å²) in [5, 5.41) is 0. The van der Waals surface area contributed by atoms with E-state index in [9.17, 15) is 0 Å². The summed E-state index contributed by atoms with van der Waals surface area (Å²) in [5.41, 5.74) is 3.17. The maximum absolute atomic E-state index is 4.10. The molecule has 0 unspecified atom stereocenters. The highest BCUT2D eigenvalue weighted by Crippen LogP contribution is 2.34. The highest BCUT2D eigenvalue weighted by atomic mass is 15.0. The SMILES string of the molecule is C1=CCC(C(CCCn2ccnc2)C2=CC=CC2)=C1. The molecule has 0 spiro atoms. The molecule has 0 aliphatic heterocycles. The van der Waals surface area contributed by atoms with Gasteiger partial charge in [0.2, 0.25) is 0 Å². The number of hydrogen-bond acceptors (Lipinski definition) is 1. The van der Waals surface area contributed by atoms with Gasteiger partial charge in [0.05, 0.1) is 6.33 Å². The van der Waals surface area contributed by atoms with E-state index in [4.69, 9.17) is 0 Å². The van der Waals surface area contributed by atoms with Crippen molar-refractivity contribution in [1.29, 1.82) is 0 Å². The Balaban J connectivity index is 1.59. The molecule has 2 aliphatic rings. The van der Waals surface area contributed by atoms with Gasteiger partial charge in [-0.05, 0) is 25.7 Å². The van der Waals surface area contributed by atoms with Gasteiger partial charge in [0, 0.05) is 24.9 Å². The van der Waals surface area contributed by atoms with E-state index in [1.165, 1.54) is 12.8 Å². The van der Waals surface area contributed by atoms with E-state index in [0.29, 0.717) is 5.92 Å². The molecular weight excluding hydrogens is 232 g/mol. The van der Waals surface area contributed by atoms with E-state index >= 15 is 0 Å². The smallest absolute Gasteiger partial charge is 0.0945 e. The van der Waals surface area contributed by atoms with Crippen LogP contribution >= 0.6 is 0 Å². The van der Waals surface area contributed by atoms with Crippen LogP contribution in [0.15, 0.2) is 66.3 Å². The standard InChI is InChI=1S/C17H20N2/c1-2-7-15(6-1)17(16-8-3-4-9-16)10-5-12-19-13-11-18-14-19/h1-4,6,8,11,13-14,17H,5,7,9-10,12H2. The quantitative estimate of drug-likeness (QED) is 0.746. The Hall–Kier alpha value is -1.83. The van der Waals surface area contributed by atoms with Gasteiger partial charge >= 0.3 is 0 Å². The van der Waals surface area contributed by atoms with Crippen LogP contribution in [-0.4, -0.2) is 9.55 Å². The third kappa shape index (κ3) is 2.95. The molecule has 3 rings (SSSR count). The van der Waals surface area contributed by atoms with Gasteiger partial charge in [-0.2, -0.15) is 0 Å². The molecule has 0 amide bonds. The van der Waals surface area contributed by atoms with E-state index in [1.807, 2.05) is 18.7 Å². The minimum Gasteiger partial charge on any atom is -0.337 e. The summed E-state index contributed by atoms with van der Waals surface area (Å²) in [6.45, 7) is 1.07. The zero-order valence-corrected chi connectivity index (χ0v) is 11.2. The van der Waals surface area contributed by atoms with E-state index < -0.39 is 0 Å². The maximum atomic E-state index is 4.10. The molecule has 1 heterocycles. The first-order valence-electron chi connectivity index (χ1n) is 7.10. The number of aryl methyl sites for hydroxylation is 1. The molecule has 0 atom stereocenters. The van der Waals surface area contributed by atoms with Gasteiger partial charge in [-0.25, -0.2) is 4.98 Å². The van der Waals surface area contributed by atoms with Crippen LogP contribution in [-0.2, 0) is 6.54 Å². The molecule has 2 nitrogen and oxygen atoms in total. The van der Waals surface area contributed by atoms with Crippen molar-refractivity contribution in [2.45, 2.75) is 32.2 Å². The van der Waals surface area contributed by atoms with E-state index in [1.54, 1.807) is 11.1 Å². The van der Waals surface area contributed by atoms with Crippen molar-refractivity contribution < 1.29 is 0 Å². The van der Waals surface area contributed by atoms with Crippen LogP contribution in [0.25, 0.3) is 0 Å². The predicted molar refractivity (Wildman–Crippen MR) is 78.6 cm³/mol. The number of rotatable bonds is 6.